The molecule has 0 aromatic heterocycles. The standard InChI is InChI=1S/C9H9ClFNO2/c1-2-14-9(13)8-6(10)3-5(11)4-7(8)12/h3-4H,2,12H2,1H3. The summed E-state index contributed by atoms with van der Waals surface area (Å²) < 4.78 is 17.4. The number of hydrogen-bond acceptors (Lipinski definition) is 3. The van der Waals surface area contributed by atoms with E-state index in [1.807, 2.05) is 0 Å². The monoisotopic (exact) mass is 217 g/mol. The van der Waals surface area contributed by atoms with Gasteiger partial charge in [0.15, 0.2) is 0 Å². The molecule has 5 heteroatoms. The van der Waals surface area contributed by atoms with Gasteiger partial charge in [0.05, 0.1) is 17.3 Å². The summed E-state index contributed by atoms with van der Waals surface area (Å²) in [6, 6.07) is 2.04. The number of nitrogen functional groups attached to an aromatic ring is 1. The van der Waals surface area contributed by atoms with Gasteiger partial charge in [-0.3, -0.25) is 0 Å². The van der Waals surface area contributed by atoms with Crippen molar-refractivity contribution in [3.05, 3.63) is 28.5 Å². The van der Waals surface area contributed by atoms with E-state index in [0.717, 1.165) is 12.1 Å². The van der Waals surface area contributed by atoms with E-state index in [0.29, 0.717) is 0 Å². The molecular weight excluding hydrogens is 209 g/mol. The number of nitrogens with two attached hydrogens (primary N) is 1. The van der Waals surface area contributed by atoms with Gasteiger partial charge in [-0.25, -0.2) is 9.18 Å². The Balaban J connectivity index is 3.14. The van der Waals surface area contributed by atoms with Gasteiger partial charge in [0, 0.05) is 0 Å². The number of rotatable bonds is 2. The maximum Gasteiger partial charge on any atom is 0.341 e. The van der Waals surface area contributed by atoms with E-state index in [1.54, 1.807) is 6.92 Å². The Morgan fingerprint density at radius 3 is 2.79 bits per heavy atom. The summed E-state index contributed by atoms with van der Waals surface area (Å²) in [5.41, 5.74) is 5.42. The lowest BCUT2D eigenvalue weighted by Crippen LogP contribution is -2.09. The summed E-state index contributed by atoms with van der Waals surface area (Å²) in [5, 5.41) is -0.0408. The first-order chi connectivity index (χ1) is 6.56. The SMILES string of the molecule is CCOC(=O)c1c(N)cc(F)cc1Cl. The Hall–Kier alpha value is -1.29. The third-order valence-corrected chi connectivity index (χ3v) is 1.86. The van der Waals surface area contributed by atoms with Gasteiger partial charge in [-0.2, -0.15) is 0 Å². The lowest BCUT2D eigenvalue weighted by molar-refractivity contribution is 0.0528. The molecule has 0 bridgehead atoms. The highest BCUT2D eigenvalue weighted by Gasteiger charge is 2.16. The van der Waals surface area contributed by atoms with Crippen molar-refractivity contribution in [3.8, 4) is 0 Å². The molecular formula is C9H9ClFNO2. The van der Waals surface area contributed by atoms with Crippen molar-refractivity contribution in [1.82, 2.24) is 0 Å². The number of anilines is 1. The summed E-state index contributed by atoms with van der Waals surface area (Å²) in [6.07, 6.45) is 0. The maximum absolute atomic E-state index is 12.7. The predicted molar refractivity (Wildman–Crippen MR) is 51.8 cm³/mol. The van der Waals surface area contributed by atoms with Crippen molar-refractivity contribution in [3.63, 3.8) is 0 Å². The van der Waals surface area contributed by atoms with Gasteiger partial charge >= 0.3 is 5.97 Å². The Morgan fingerprint density at radius 1 is 1.64 bits per heavy atom. The summed E-state index contributed by atoms with van der Waals surface area (Å²) >= 11 is 5.64. The molecule has 0 fully saturated rings. The molecule has 1 aromatic carbocycles. The number of halogens is 2. The Morgan fingerprint density at radius 2 is 2.29 bits per heavy atom. The molecule has 0 aliphatic heterocycles. The van der Waals surface area contributed by atoms with E-state index in [9.17, 15) is 9.18 Å². The van der Waals surface area contributed by atoms with Gasteiger partial charge in [0.1, 0.15) is 11.4 Å². The van der Waals surface area contributed by atoms with Crippen LogP contribution < -0.4 is 5.73 Å². The minimum atomic E-state index is -0.644. The third-order valence-electron chi connectivity index (χ3n) is 1.57. The molecule has 3 nitrogen and oxygen atoms in total. The highest BCUT2D eigenvalue weighted by Crippen LogP contribution is 2.24. The van der Waals surface area contributed by atoms with Gasteiger partial charge in [0.2, 0.25) is 0 Å². The van der Waals surface area contributed by atoms with Gasteiger partial charge in [0.25, 0.3) is 0 Å². The van der Waals surface area contributed by atoms with Crippen LogP contribution in [0.5, 0.6) is 0 Å². The molecule has 0 saturated carbocycles. The molecule has 0 radical (unpaired) electrons. The van der Waals surface area contributed by atoms with Gasteiger partial charge < -0.3 is 10.5 Å². The number of carbonyl (C=O) groups is 1. The molecule has 0 spiro atoms. The number of hydrogen-bond donors (Lipinski definition) is 1. The number of benzene rings is 1. The Labute approximate surface area is 85.6 Å². The van der Waals surface area contributed by atoms with Crippen LogP contribution >= 0.6 is 11.6 Å². The van der Waals surface area contributed by atoms with Crippen LogP contribution in [-0.2, 0) is 4.74 Å². The van der Waals surface area contributed by atoms with Gasteiger partial charge in [-0.15, -0.1) is 0 Å². The Bertz CT molecular complexity index is 345. The van der Waals surface area contributed by atoms with Crippen LogP contribution in [-0.4, -0.2) is 12.6 Å². The topological polar surface area (TPSA) is 52.3 Å². The van der Waals surface area contributed by atoms with E-state index in [-0.39, 0.29) is 22.9 Å². The first kappa shape index (κ1) is 10.8. The fourth-order valence-electron chi connectivity index (χ4n) is 1.01. The van der Waals surface area contributed by atoms with Gasteiger partial charge in [-0.1, -0.05) is 11.6 Å². The van der Waals surface area contributed by atoms with E-state index in [2.05, 4.69) is 0 Å². The summed E-state index contributed by atoms with van der Waals surface area (Å²) in [6.45, 7) is 1.87. The second kappa shape index (κ2) is 4.28. The fraction of sp³-hybridized carbons (Fsp3) is 0.222. The average Bonchev–Trinajstić information content (AvgIpc) is 2.01. The van der Waals surface area contributed by atoms with Crippen molar-refractivity contribution < 1.29 is 13.9 Å². The minimum absolute atomic E-state index is 0.00918. The van der Waals surface area contributed by atoms with Crippen LogP contribution in [0.2, 0.25) is 5.02 Å². The second-order valence-electron chi connectivity index (χ2n) is 2.57. The van der Waals surface area contributed by atoms with Crippen LogP contribution in [0.15, 0.2) is 12.1 Å². The van der Waals surface area contributed by atoms with Crippen LogP contribution in [0, 0.1) is 5.82 Å². The molecule has 0 heterocycles. The average molecular weight is 218 g/mol. The first-order valence-corrected chi connectivity index (χ1v) is 4.35. The predicted octanol–water partition coefficient (Wildman–Crippen LogP) is 2.24. The van der Waals surface area contributed by atoms with Crippen LogP contribution in [0.1, 0.15) is 17.3 Å². The lowest BCUT2D eigenvalue weighted by atomic mass is 10.2. The van der Waals surface area contributed by atoms with E-state index < -0.39 is 11.8 Å². The zero-order chi connectivity index (χ0) is 10.7. The molecule has 14 heavy (non-hydrogen) atoms. The van der Waals surface area contributed by atoms with E-state index in [4.69, 9.17) is 22.1 Å². The summed E-state index contributed by atoms with van der Waals surface area (Å²) in [4.78, 5) is 11.3. The second-order valence-corrected chi connectivity index (χ2v) is 2.98. The highest BCUT2D eigenvalue weighted by atomic mass is 35.5. The molecule has 0 amide bonds. The molecule has 2 N–H and O–H groups in total. The smallest absolute Gasteiger partial charge is 0.341 e. The van der Waals surface area contributed by atoms with Crippen LogP contribution in [0.4, 0.5) is 10.1 Å². The van der Waals surface area contributed by atoms with Crippen molar-refractivity contribution in [2.24, 2.45) is 0 Å². The fourth-order valence-corrected chi connectivity index (χ4v) is 1.30. The maximum atomic E-state index is 12.7. The zero-order valence-electron chi connectivity index (χ0n) is 7.51. The van der Waals surface area contributed by atoms with E-state index in [1.165, 1.54) is 0 Å². The van der Waals surface area contributed by atoms with E-state index >= 15 is 0 Å². The van der Waals surface area contributed by atoms with Crippen LogP contribution in [0.3, 0.4) is 0 Å². The highest BCUT2D eigenvalue weighted by molar-refractivity contribution is 6.34. The normalized spacial score (nSPS) is 9.93. The molecule has 76 valence electrons. The molecule has 1 rings (SSSR count). The largest absolute Gasteiger partial charge is 0.462 e. The lowest BCUT2D eigenvalue weighted by Gasteiger charge is -2.06. The molecule has 1 aromatic rings. The quantitative estimate of drug-likeness (QED) is 0.611. The van der Waals surface area contributed by atoms with Crippen molar-refractivity contribution in [1.29, 1.82) is 0 Å². The minimum Gasteiger partial charge on any atom is -0.462 e. The molecule has 0 aliphatic rings. The summed E-state index contributed by atoms with van der Waals surface area (Å²) in [5.74, 6) is -1.23. The van der Waals surface area contributed by atoms with Crippen LogP contribution in [0.25, 0.3) is 0 Å². The third kappa shape index (κ3) is 2.14. The molecule has 0 saturated heterocycles. The Kier molecular flexibility index (Phi) is 3.30. The number of esters is 1. The number of ether oxygens (including phenoxy) is 1. The zero-order valence-corrected chi connectivity index (χ0v) is 8.27. The van der Waals surface area contributed by atoms with Crippen molar-refractivity contribution in [2.75, 3.05) is 12.3 Å². The first-order valence-electron chi connectivity index (χ1n) is 3.98. The molecule has 0 aliphatic carbocycles. The van der Waals surface area contributed by atoms with Crippen molar-refractivity contribution >= 4 is 23.3 Å². The molecule has 0 unspecified atom stereocenters. The van der Waals surface area contributed by atoms with Crippen molar-refractivity contribution in [2.45, 2.75) is 6.92 Å². The summed E-state index contributed by atoms with van der Waals surface area (Å²) in [7, 11) is 0. The molecule has 0 atom stereocenters. The van der Waals surface area contributed by atoms with Gasteiger partial charge in [-0.05, 0) is 19.1 Å². The number of carbonyl (C=O) groups excluding carboxylic acids is 1.